The Morgan fingerprint density at radius 2 is 1.93 bits per heavy atom. The van der Waals surface area contributed by atoms with E-state index >= 15 is 0 Å². The van der Waals surface area contributed by atoms with E-state index in [4.69, 9.17) is 27.9 Å². The van der Waals surface area contributed by atoms with Crippen LogP contribution in [0.2, 0.25) is 10.2 Å². The third kappa shape index (κ3) is 5.40. The van der Waals surface area contributed by atoms with E-state index in [0.29, 0.717) is 34.8 Å². The number of ether oxygens (including phenoxy) is 2. The summed E-state index contributed by atoms with van der Waals surface area (Å²) in [4.78, 5) is 15.7. The van der Waals surface area contributed by atoms with Crippen molar-refractivity contribution in [1.29, 1.82) is 0 Å². The number of carbonyl (C=O) groups is 1. The van der Waals surface area contributed by atoms with Crippen LogP contribution in [-0.4, -0.2) is 22.6 Å². The number of para-hydroxylation sites is 1. The summed E-state index contributed by atoms with van der Waals surface area (Å²) in [5.41, 5.74) is 2.48. The van der Waals surface area contributed by atoms with Crippen LogP contribution in [0, 0.1) is 6.92 Å². The van der Waals surface area contributed by atoms with E-state index in [2.05, 4.69) is 9.72 Å². The molecule has 0 aliphatic carbocycles. The van der Waals surface area contributed by atoms with Gasteiger partial charge in [0.25, 0.3) is 0 Å². The first kappa shape index (κ1) is 21.0. The van der Waals surface area contributed by atoms with Crippen molar-refractivity contribution in [2.75, 3.05) is 7.11 Å². The smallest absolute Gasteiger partial charge is 0.330 e. The minimum absolute atomic E-state index is 0.312. The van der Waals surface area contributed by atoms with Gasteiger partial charge in [-0.15, -0.1) is 0 Å². The average molecular weight is 431 g/mol. The number of benzene rings is 2. The summed E-state index contributed by atoms with van der Waals surface area (Å²) in [6, 6.07) is 15.4. The van der Waals surface area contributed by atoms with Gasteiger partial charge in [-0.1, -0.05) is 53.5 Å². The fourth-order valence-electron chi connectivity index (χ4n) is 2.78. The van der Waals surface area contributed by atoms with Crippen molar-refractivity contribution >= 4 is 35.2 Å². The molecule has 29 heavy (non-hydrogen) atoms. The summed E-state index contributed by atoms with van der Waals surface area (Å²) in [6.07, 6.45) is 2.90. The van der Waals surface area contributed by atoms with Gasteiger partial charge in [0, 0.05) is 11.1 Å². The topological polar surface area (TPSA) is 53.3 Å². The maximum Gasteiger partial charge on any atom is 0.330 e. The molecule has 0 spiro atoms. The van der Waals surface area contributed by atoms with Crippen LogP contribution in [0.1, 0.15) is 22.6 Å². The van der Waals surface area contributed by atoms with Crippen LogP contribution in [-0.2, 0) is 22.7 Å². The molecule has 7 heteroatoms. The van der Waals surface area contributed by atoms with Gasteiger partial charge in [-0.2, -0.15) is 0 Å². The first-order valence-electron chi connectivity index (χ1n) is 8.91. The van der Waals surface area contributed by atoms with Gasteiger partial charge in [-0.25, -0.2) is 9.78 Å². The summed E-state index contributed by atoms with van der Waals surface area (Å²) in [6.45, 7) is 2.73. The maximum absolute atomic E-state index is 11.4. The molecule has 0 saturated heterocycles. The van der Waals surface area contributed by atoms with Crippen LogP contribution in [0.25, 0.3) is 6.08 Å². The van der Waals surface area contributed by atoms with E-state index < -0.39 is 5.97 Å². The Balaban J connectivity index is 1.77. The molecule has 0 atom stereocenters. The first-order chi connectivity index (χ1) is 14.0. The van der Waals surface area contributed by atoms with Crippen molar-refractivity contribution in [3.05, 3.63) is 87.4 Å². The van der Waals surface area contributed by atoms with Crippen LogP contribution in [0.15, 0.2) is 54.6 Å². The van der Waals surface area contributed by atoms with E-state index in [-0.39, 0.29) is 0 Å². The molecule has 0 bridgehead atoms. The van der Waals surface area contributed by atoms with Crippen LogP contribution >= 0.6 is 23.2 Å². The molecule has 2 aromatic carbocycles. The Kier molecular flexibility index (Phi) is 6.96. The Morgan fingerprint density at radius 1 is 1.17 bits per heavy atom. The lowest BCUT2D eigenvalue weighted by atomic mass is 10.1. The molecular formula is C22H20Cl2N2O3. The van der Waals surface area contributed by atoms with Crippen molar-refractivity contribution in [2.24, 2.45) is 0 Å². The van der Waals surface area contributed by atoms with E-state index in [0.717, 1.165) is 16.9 Å². The molecule has 1 aromatic heterocycles. The number of carbonyl (C=O) groups excluding carboxylic acids is 1. The van der Waals surface area contributed by atoms with E-state index in [9.17, 15) is 4.79 Å². The molecular weight excluding hydrogens is 411 g/mol. The number of hydrogen-bond donors (Lipinski definition) is 0. The second-order valence-corrected chi connectivity index (χ2v) is 7.07. The Hall–Kier alpha value is -2.76. The fourth-order valence-corrected chi connectivity index (χ4v) is 3.33. The van der Waals surface area contributed by atoms with Crippen molar-refractivity contribution in [3.63, 3.8) is 0 Å². The van der Waals surface area contributed by atoms with Gasteiger partial charge < -0.3 is 14.0 Å². The van der Waals surface area contributed by atoms with Gasteiger partial charge in [-0.05, 0) is 42.3 Å². The number of nitrogens with zero attached hydrogens (tertiary/aromatic N) is 2. The molecule has 0 saturated carbocycles. The number of halogens is 2. The van der Waals surface area contributed by atoms with Gasteiger partial charge in [-0.3, -0.25) is 0 Å². The number of aryl methyl sites for hydroxylation is 1. The molecule has 0 unspecified atom stereocenters. The molecule has 1 heterocycles. The van der Waals surface area contributed by atoms with Crippen LogP contribution in [0.3, 0.4) is 0 Å². The highest BCUT2D eigenvalue weighted by Gasteiger charge is 2.13. The second-order valence-electron chi connectivity index (χ2n) is 6.31. The highest BCUT2D eigenvalue weighted by Crippen LogP contribution is 2.25. The Labute approximate surface area is 179 Å². The lowest BCUT2D eigenvalue weighted by Crippen LogP contribution is -2.06. The summed E-state index contributed by atoms with van der Waals surface area (Å²) in [5, 5.41) is 0.929. The summed E-state index contributed by atoms with van der Waals surface area (Å²) < 4.78 is 12.3. The molecule has 3 rings (SSSR count). The van der Waals surface area contributed by atoms with Crippen molar-refractivity contribution in [3.8, 4) is 5.75 Å². The number of esters is 1. The van der Waals surface area contributed by atoms with Gasteiger partial charge in [0.1, 0.15) is 18.2 Å². The zero-order chi connectivity index (χ0) is 20.8. The van der Waals surface area contributed by atoms with Gasteiger partial charge >= 0.3 is 5.97 Å². The van der Waals surface area contributed by atoms with Crippen molar-refractivity contribution in [1.82, 2.24) is 9.55 Å². The maximum atomic E-state index is 11.4. The highest BCUT2D eigenvalue weighted by molar-refractivity contribution is 6.31. The molecule has 3 aromatic rings. The lowest BCUT2D eigenvalue weighted by Gasteiger charge is -2.12. The Morgan fingerprint density at radius 3 is 2.62 bits per heavy atom. The SMILES string of the molecule is COC(=O)/C=C/c1c(Cl)nc(C)n1Cc1ccc(COc2ccccc2)cc1Cl. The number of hydrogen-bond acceptors (Lipinski definition) is 4. The zero-order valence-corrected chi connectivity index (χ0v) is 17.6. The van der Waals surface area contributed by atoms with Crippen molar-refractivity contribution in [2.45, 2.75) is 20.1 Å². The van der Waals surface area contributed by atoms with Crippen LogP contribution in [0.5, 0.6) is 5.75 Å². The molecule has 150 valence electrons. The molecule has 0 fully saturated rings. The number of imidazole rings is 1. The quantitative estimate of drug-likeness (QED) is 0.376. The molecule has 5 nitrogen and oxygen atoms in total. The largest absolute Gasteiger partial charge is 0.489 e. The lowest BCUT2D eigenvalue weighted by molar-refractivity contribution is -0.134. The normalized spacial score (nSPS) is 11.0. The molecule has 0 radical (unpaired) electrons. The molecule has 0 aliphatic rings. The number of rotatable bonds is 7. The number of methoxy groups -OCH3 is 1. The second kappa shape index (κ2) is 9.63. The highest BCUT2D eigenvalue weighted by atomic mass is 35.5. The third-order valence-electron chi connectivity index (χ3n) is 4.33. The molecule has 0 N–H and O–H groups in total. The zero-order valence-electron chi connectivity index (χ0n) is 16.1. The van der Waals surface area contributed by atoms with Crippen LogP contribution in [0.4, 0.5) is 0 Å². The predicted molar refractivity (Wildman–Crippen MR) is 114 cm³/mol. The summed E-state index contributed by atoms with van der Waals surface area (Å²) >= 11 is 12.7. The minimum Gasteiger partial charge on any atom is -0.489 e. The number of aromatic nitrogens is 2. The minimum atomic E-state index is -0.465. The van der Waals surface area contributed by atoms with Gasteiger partial charge in [0.15, 0.2) is 5.15 Å². The average Bonchev–Trinajstić information content (AvgIpc) is 2.99. The summed E-state index contributed by atoms with van der Waals surface area (Å²) in [7, 11) is 1.32. The predicted octanol–water partition coefficient (Wildman–Crippen LogP) is 5.31. The molecule has 0 amide bonds. The van der Waals surface area contributed by atoms with Gasteiger partial charge in [0.05, 0.1) is 19.3 Å². The standard InChI is InChI=1S/C22H20Cl2N2O3/c1-15-25-22(24)20(10-11-21(27)28-2)26(15)13-17-9-8-16(12-19(17)23)14-29-18-6-4-3-5-7-18/h3-12H,13-14H2,1-2H3/b11-10+. The van der Waals surface area contributed by atoms with Crippen LogP contribution < -0.4 is 4.74 Å². The summed E-state index contributed by atoms with van der Waals surface area (Å²) in [5.74, 6) is 1.05. The first-order valence-corrected chi connectivity index (χ1v) is 9.67. The van der Waals surface area contributed by atoms with Gasteiger partial charge in [0.2, 0.25) is 0 Å². The molecule has 0 aliphatic heterocycles. The van der Waals surface area contributed by atoms with E-state index in [1.54, 1.807) is 6.08 Å². The fraction of sp³-hybridized carbons (Fsp3) is 0.182. The Bertz CT molecular complexity index is 1030. The van der Waals surface area contributed by atoms with E-state index in [1.807, 2.05) is 60.0 Å². The van der Waals surface area contributed by atoms with E-state index in [1.165, 1.54) is 13.2 Å². The third-order valence-corrected chi connectivity index (χ3v) is 4.96. The monoisotopic (exact) mass is 430 g/mol. The van der Waals surface area contributed by atoms with Crippen molar-refractivity contribution < 1.29 is 14.3 Å².